The highest BCUT2D eigenvalue weighted by Crippen LogP contribution is 2.35. The van der Waals surface area contributed by atoms with Crippen LogP contribution in [-0.2, 0) is 0 Å². The molecule has 2 aliphatic rings. The summed E-state index contributed by atoms with van der Waals surface area (Å²) in [7, 11) is 0. The molecule has 1 fully saturated rings. The van der Waals surface area contributed by atoms with Crippen LogP contribution < -0.4 is 19.5 Å². The molecule has 1 saturated carbocycles. The van der Waals surface area contributed by atoms with Gasteiger partial charge in [-0.1, -0.05) is 0 Å². The third-order valence-electron chi connectivity index (χ3n) is 3.56. The van der Waals surface area contributed by atoms with Crippen molar-refractivity contribution in [3.8, 4) is 23.3 Å². The molecule has 0 radical (unpaired) electrons. The minimum atomic E-state index is -0.516. The van der Waals surface area contributed by atoms with Crippen LogP contribution in [0.15, 0.2) is 18.2 Å². The SMILES string of the molecule is CC(C#N)(CCOc1ccc2c(c1)OCO2)NC1CC1. The van der Waals surface area contributed by atoms with Gasteiger partial charge in [0.2, 0.25) is 6.79 Å². The van der Waals surface area contributed by atoms with Crippen molar-refractivity contribution >= 4 is 0 Å². The maximum Gasteiger partial charge on any atom is 0.231 e. The van der Waals surface area contributed by atoms with E-state index in [1.807, 2.05) is 25.1 Å². The molecule has 0 spiro atoms. The first-order valence-corrected chi connectivity index (χ1v) is 6.90. The lowest BCUT2D eigenvalue weighted by atomic mass is 10.0. The largest absolute Gasteiger partial charge is 0.493 e. The summed E-state index contributed by atoms with van der Waals surface area (Å²) >= 11 is 0. The van der Waals surface area contributed by atoms with Crippen molar-refractivity contribution in [2.45, 2.75) is 37.8 Å². The van der Waals surface area contributed by atoms with E-state index in [0.717, 1.165) is 11.5 Å². The second-order valence-corrected chi connectivity index (χ2v) is 5.48. The van der Waals surface area contributed by atoms with Crippen LogP contribution in [-0.4, -0.2) is 25.0 Å². The summed E-state index contributed by atoms with van der Waals surface area (Å²) in [5.41, 5.74) is -0.516. The number of ether oxygens (including phenoxy) is 3. The average Bonchev–Trinajstić information content (AvgIpc) is 3.13. The second-order valence-electron chi connectivity index (χ2n) is 5.48. The Morgan fingerprint density at radius 1 is 1.40 bits per heavy atom. The zero-order valence-corrected chi connectivity index (χ0v) is 11.5. The van der Waals surface area contributed by atoms with Gasteiger partial charge in [0.25, 0.3) is 0 Å². The molecule has 1 aromatic rings. The molecule has 1 unspecified atom stereocenters. The first kappa shape index (κ1) is 13.1. The minimum absolute atomic E-state index is 0.261. The number of benzene rings is 1. The van der Waals surface area contributed by atoms with E-state index >= 15 is 0 Å². The molecule has 5 nitrogen and oxygen atoms in total. The molecule has 0 amide bonds. The molecule has 1 atom stereocenters. The highest BCUT2D eigenvalue weighted by Gasteiger charge is 2.32. The van der Waals surface area contributed by atoms with Crippen LogP contribution in [0.4, 0.5) is 0 Å². The monoisotopic (exact) mass is 274 g/mol. The minimum Gasteiger partial charge on any atom is -0.493 e. The van der Waals surface area contributed by atoms with Gasteiger partial charge in [-0.3, -0.25) is 5.32 Å². The normalized spacial score (nSPS) is 19.2. The van der Waals surface area contributed by atoms with E-state index in [0.29, 0.717) is 24.8 Å². The summed E-state index contributed by atoms with van der Waals surface area (Å²) in [6.45, 7) is 2.67. The topological polar surface area (TPSA) is 63.5 Å². The van der Waals surface area contributed by atoms with Gasteiger partial charge in [-0.25, -0.2) is 0 Å². The molecule has 20 heavy (non-hydrogen) atoms. The van der Waals surface area contributed by atoms with Gasteiger partial charge in [-0.2, -0.15) is 5.26 Å². The molecule has 0 saturated heterocycles. The molecule has 106 valence electrons. The first-order chi connectivity index (χ1) is 9.68. The molecule has 3 rings (SSSR count). The van der Waals surface area contributed by atoms with Crippen LogP contribution in [0.25, 0.3) is 0 Å². The van der Waals surface area contributed by atoms with Crippen molar-refractivity contribution in [1.29, 1.82) is 5.26 Å². The van der Waals surface area contributed by atoms with Gasteiger partial charge in [0.15, 0.2) is 11.5 Å². The van der Waals surface area contributed by atoms with Gasteiger partial charge in [0.05, 0.1) is 12.7 Å². The standard InChI is InChI=1S/C15H18N2O3/c1-15(9-16,17-11-2-3-11)6-7-18-12-4-5-13-14(8-12)20-10-19-13/h4-5,8,11,17H,2-3,6-7,10H2,1H3. The molecule has 1 aromatic carbocycles. The first-order valence-electron chi connectivity index (χ1n) is 6.90. The quantitative estimate of drug-likeness (QED) is 0.861. The fraction of sp³-hybridized carbons (Fsp3) is 0.533. The maximum atomic E-state index is 9.28. The Labute approximate surface area is 118 Å². The molecule has 1 aliphatic heterocycles. The lowest BCUT2D eigenvalue weighted by Gasteiger charge is -2.23. The van der Waals surface area contributed by atoms with Gasteiger partial charge in [-0.15, -0.1) is 0 Å². The summed E-state index contributed by atoms with van der Waals surface area (Å²) in [6, 6.07) is 8.36. The van der Waals surface area contributed by atoms with Crippen molar-refractivity contribution in [3.05, 3.63) is 18.2 Å². The van der Waals surface area contributed by atoms with E-state index in [2.05, 4.69) is 11.4 Å². The predicted octanol–water partition coefficient (Wildman–Crippen LogP) is 2.22. The molecule has 5 heteroatoms. The number of hydrogen-bond acceptors (Lipinski definition) is 5. The van der Waals surface area contributed by atoms with Gasteiger partial charge in [-0.05, 0) is 31.9 Å². The van der Waals surface area contributed by atoms with Crippen molar-refractivity contribution in [2.24, 2.45) is 0 Å². The summed E-state index contributed by atoms with van der Waals surface area (Å²) < 4.78 is 16.3. The summed E-state index contributed by atoms with van der Waals surface area (Å²) in [5, 5.41) is 12.6. The lowest BCUT2D eigenvalue weighted by Crippen LogP contribution is -2.43. The molecule has 1 heterocycles. The van der Waals surface area contributed by atoms with Gasteiger partial charge < -0.3 is 14.2 Å². The molecule has 1 N–H and O–H groups in total. The van der Waals surface area contributed by atoms with Gasteiger partial charge >= 0.3 is 0 Å². The third-order valence-corrected chi connectivity index (χ3v) is 3.56. The summed E-state index contributed by atoms with van der Waals surface area (Å²) in [6.07, 6.45) is 2.98. The van der Waals surface area contributed by atoms with E-state index in [1.54, 1.807) is 0 Å². The summed E-state index contributed by atoms with van der Waals surface area (Å²) in [5.74, 6) is 2.19. The lowest BCUT2D eigenvalue weighted by molar-refractivity contribution is 0.173. The smallest absolute Gasteiger partial charge is 0.231 e. The Bertz CT molecular complexity index is 536. The van der Waals surface area contributed by atoms with Crippen LogP contribution >= 0.6 is 0 Å². The molecular weight excluding hydrogens is 256 g/mol. The van der Waals surface area contributed by atoms with E-state index in [1.165, 1.54) is 12.8 Å². The maximum absolute atomic E-state index is 9.28. The number of rotatable bonds is 6. The van der Waals surface area contributed by atoms with Crippen LogP contribution in [0.3, 0.4) is 0 Å². The summed E-state index contributed by atoms with van der Waals surface area (Å²) in [4.78, 5) is 0. The van der Waals surface area contributed by atoms with E-state index < -0.39 is 5.54 Å². The highest BCUT2D eigenvalue weighted by atomic mass is 16.7. The Morgan fingerprint density at radius 3 is 2.95 bits per heavy atom. The molecular formula is C15H18N2O3. The van der Waals surface area contributed by atoms with E-state index in [9.17, 15) is 5.26 Å². The number of nitrogens with zero attached hydrogens (tertiary/aromatic N) is 1. The predicted molar refractivity (Wildman–Crippen MR) is 72.9 cm³/mol. The fourth-order valence-electron chi connectivity index (χ4n) is 2.18. The van der Waals surface area contributed by atoms with Crippen LogP contribution in [0.1, 0.15) is 26.2 Å². The number of nitriles is 1. The van der Waals surface area contributed by atoms with Crippen molar-refractivity contribution < 1.29 is 14.2 Å². The second kappa shape index (κ2) is 5.22. The molecule has 0 aromatic heterocycles. The highest BCUT2D eigenvalue weighted by molar-refractivity contribution is 5.46. The molecule has 1 aliphatic carbocycles. The van der Waals surface area contributed by atoms with Crippen molar-refractivity contribution in [2.75, 3.05) is 13.4 Å². The Hall–Kier alpha value is -1.93. The van der Waals surface area contributed by atoms with Crippen LogP contribution in [0, 0.1) is 11.3 Å². The zero-order valence-electron chi connectivity index (χ0n) is 11.5. The Morgan fingerprint density at radius 2 is 2.20 bits per heavy atom. The fourth-order valence-corrected chi connectivity index (χ4v) is 2.18. The van der Waals surface area contributed by atoms with Crippen molar-refractivity contribution in [1.82, 2.24) is 5.32 Å². The van der Waals surface area contributed by atoms with Crippen LogP contribution in [0.5, 0.6) is 17.2 Å². The average molecular weight is 274 g/mol. The number of hydrogen-bond donors (Lipinski definition) is 1. The van der Waals surface area contributed by atoms with E-state index in [-0.39, 0.29) is 6.79 Å². The van der Waals surface area contributed by atoms with Crippen LogP contribution in [0.2, 0.25) is 0 Å². The van der Waals surface area contributed by atoms with Gasteiger partial charge in [0, 0.05) is 18.5 Å². The van der Waals surface area contributed by atoms with E-state index in [4.69, 9.17) is 14.2 Å². The number of nitrogens with one attached hydrogen (secondary N) is 1. The number of fused-ring (bicyclic) bond motifs is 1. The Kier molecular flexibility index (Phi) is 3.41. The van der Waals surface area contributed by atoms with Gasteiger partial charge in [0.1, 0.15) is 11.3 Å². The molecule has 0 bridgehead atoms. The van der Waals surface area contributed by atoms with Crippen molar-refractivity contribution in [3.63, 3.8) is 0 Å². The zero-order chi connectivity index (χ0) is 14.0. The third kappa shape index (κ3) is 2.97. The Balaban J connectivity index is 1.52.